The molecule has 1 aliphatic heterocycles. The molecular formula is C29H36N4O3. The molecule has 0 bridgehead atoms. The van der Waals surface area contributed by atoms with Gasteiger partial charge < -0.3 is 14.3 Å². The van der Waals surface area contributed by atoms with Crippen LogP contribution >= 0.6 is 0 Å². The lowest BCUT2D eigenvalue weighted by atomic mass is 10.0. The van der Waals surface area contributed by atoms with Gasteiger partial charge in [-0.1, -0.05) is 61.2 Å². The summed E-state index contributed by atoms with van der Waals surface area (Å²) in [4.78, 5) is 34.1. The van der Waals surface area contributed by atoms with E-state index in [1.807, 2.05) is 55.1 Å². The third-order valence-electron chi connectivity index (χ3n) is 6.80. The molecule has 0 spiro atoms. The topological polar surface area (TPSA) is 79.5 Å². The number of benzene rings is 2. The van der Waals surface area contributed by atoms with Crippen LogP contribution in [0.4, 0.5) is 0 Å². The quantitative estimate of drug-likeness (QED) is 0.392. The van der Waals surface area contributed by atoms with Gasteiger partial charge in [0.15, 0.2) is 5.82 Å². The minimum Gasteiger partial charge on any atom is -0.338 e. The van der Waals surface area contributed by atoms with Crippen LogP contribution in [0.2, 0.25) is 0 Å². The molecule has 2 aromatic carbocycles. The maximum absolute atomic E-state index is 13.1. The van der Waals surface area contributed by atoms with Crippen LogP contribution in [0.3, 0.4) is 0 Å². The lowest BCUT2D eigenvalue weighted by Crippen LogP contribution is -2.55. The Balaban J connectivity index is 1.29. The summed E-state index contributed by atoms with van der Waals surface area (Å²) in [5.74, 6) is 0.751. The van der Waals surface area contributed by atoms with Gasteiger partial charge >= 0.3 is 0 Å². The maximum atomic E-state index is 13.1. The molecule has 1 fully saturated rings. The van der Waals surface area contributed by atoms with Gasteiger partial charge in [0.2, 0.25) is 5.91 Å². The van der Waals surface area contributed by atoms with E-state index in [0.717, 1.165) is 17.5 Å². The van der Waals surface area contributed by atoms with E-state index in [-0.39, 0.29) is 24.3 Å². The number of amides is 2. The first-order chi connectivity index (χ1) is 17.4. The summed E-state index contributed by atoms with van der Waals surface area (Å²) in [5, 5.41) is 4.00. The SMILES string of the molecule is CCCCCCc1ccc(C(=O)N2CCN(C(=O)Cc3noc(-c4cccc(C)c4)n3)CC2C)cc1. The van der Waals surface area contributed by atoms with E-state index >= 15 is 0 Å². The normalized spacial score (nSPS) is 15.8. The van der Waals surface area contributed by atoms with Gasteiger partial charge in [0.25, 0.3) is 11.8 Å². The number of hydrogen-bond acceptors (Lipinski definition) is 5. The van der Waals surface area contributed by atoms with Crippen molar-refractivity contribution in [3.8, 4) is 11.5 Å². The molecule has 0 radical (unpaired) electrons. The second-order valence-corrected chi connectivity index (χ2v) is 9.76. The number of piperazine rings is 1. The van der Waals surface area contributed by atoms with Gasteiger partial charge in [0, 0.05) is 36.8 Å². The first-order valence-electron chi connectivity index (χ1n) is 13.0. The Morgan fingerprint density at radius 3 is 2.58 bits per heavy atom. The van der Waals surface area contributed by atoms with Crippen LogP contribution in [0.25, 0.3) is 11.5 Å². The maximum Gasteiger partial charge on any atom is 0.257 e. The van der Waals surface area contributed by atoms with Crippen LogP contribution in [0, 0.1) is 6.92 Å². The van der Waals surface area contributed by atoms with Gasteiger partial charge in [0.1, 0.15) is 0 Å². The van der Waals surface area contributed by atoms with E-state index in [2.05, 4.69) is 29.2 Å². The van der Waals surface area contributed by atoms with E-state index < -0.39 is 0 Å². The molecule has 0 saturated carbocycles. The number of carbonyl (C=O) groups is 2. The largest absolute Gasteiger partial charge is 0.338 e. The molecule has 1 unspecified atom stereocenters. The summed E-state index contributed by atoms with van der Waals surface area (Å²) in [6.07, 6.45) is 6.07. The first kappa shape index (κ1) is 25.6. The van der Waals surface area contributed by atoms with Crippen LogP contribution in [0.1, 0.15) is 66.8 Å². The van der Waals surface area contributed by atoms with E-state index in [0.29, 0.717) is 36.9 Å². The Labute approximate surface area is 213 Å². The fourth-order valence-corrected chi connectivity index (χ4v) is 4.69. The standard InChI is InChI=1S/C29H36N4O3/c1-4-5-6-7-10-23-12-14-24(15-13-23)29(35)33-17-16-32(20-22(33)3)27(34)19-26-30-28(36-31-26)25-11-8-9-21(2)18-25/h8-9,11-15,18,22H,4-7,10,16-17,19-20H2,1-3H3. The highest BCUT2D eigenvalue weighted by molar-refractivity contribution is 5.94. The van der Waals surface area contributed by atoms with Crippen molar-refractivity contribution in [1.29, 1.82) is 0 Å². The molecule has 7 heteroatoms. The van der Waals surface area contributed by atoms with Crippen molar-refractivity contribution in [3.05, 3.63) is 71.0 Å². The Morgan fingerprint density at radius 2 is 1.86 bits per heavy atom. The zero-order valence-electron chi connectivity index (χ0n) is 21.6. The van der Waals surface area contributed by atoms with Gasteiger partial charge in [-0.25, -0.2) is 0 Å². The zero-order valence-corrected chi connectivity index (χ0v) is 21.6. The van der Waals surface area contributed by atoms with Crippen LogP contribution in [0.5, 0.6) is 0 Å². The molecule has 0 N–H and O–H groups in total. The smallest absolute Gasteiger partial charge is 0.257 e. The molecule has 190 valence electrons. The lowest BCUT2D eigenvalue weighted by molar-refractivity contribution is -0.133. The van der Waals surface area contributed by atoms with Gasteiger partial charge in [-0.3, -0.25) is 9.59 Å². The molecule has 3 aromatic rings. The van der Waals surface area contributed by atoms with Crippen molar-refractivity contribution in [3.63, 3.8) is 0 Å². The molecule has 1 aliphatic rings. The molecule has 2 heterocycles. The number of aromatic nitrogens is 2. The molecular weight excluding hydrogens is 452 g/mol. The molecule has 1 aromatic heterocycles. The Morgan fingerprint density at radius 1 is 1.06 bits per heavy atom. The third-order valence-corrected chi connectivity index (χ3v) is 6.80. The molecule has 0 aliphatic carbocycles. The second kappa shape index (κ2) is 12.0. The van der Waals surface area contributed by atoms with E-state index in [4.69, 9.17) is 4.52 Å². The van der Waals surface area contributed by atoms with Crippen LogP contribution in [-0.2, 0) is 17.6 Å². The predicted molar refractivity (Wildman–Crippen MR) is 140 cm³/mol. The van der Waals surface area contributed by atoms with Crippen LogP contribution in [-0.4, -0.2) is 57.4 Å². The molecule has 7 nitrogen and oxygen atoms in total. The van der Waals surface area contributed by atoms with Crippen molar-refractivity contribution >= 4 is 11.8 Å². The number of unbranched alkanes of at least 4 members (excludes halogenated alkanes) is 3. The van der Waals surface area contributed by atoms with E-state index in [9.17, 15) is 9.59 Å². The minimum atomic E-state index is -0.0722. The predicted octanol–water partition coefficient (Wildman–Crippen LogP) is 5.08. The number of aryl methyl sites for hydroxylation is 2. The first-order valence-corrected chi connectivity index (χ1v) is 13.0. The molecule has 1 saturated heterocycles. The highest BCUT2D eigenvalue weighted by Crippen LogP contribution is 2.20. The van der Waals surface area contributed by atoms with Crippen molar-refractivity contribution < 1.29 is 14.1 Å². The second-order valence-electron chi connectivity index (χ2n) is 9.76. The highest BCUT2D eigenvalue weighted by Gasteiger charge is 2.30. The molecule has 36 heavy (non-hydrogen) atoms. The third kappa shape index (κ3) is 6.39. The van der Waals surface area contributed by atoms with Gasteiger partial charge in [-0.2, -0.15) is 4.98 Å². The van der Waals surface area contributed by atoms with Gasteiger partial charge in [0.05, 0.1) is 6.42 Å². The fourth-order valence-electron chi connectivity index (χ4n) is 4.69. The zero-order chi connectivity index (χ0) is 25.5. The minimum absolute atomic E-state index is 0.0214. The van der Waals surface area contributed by atoms with Crippen molar-refractivity contribution in [2.45, 2.75) is 65.3 Å². The highest BCUT2D eigenvalue weighted by atomic mass is 16.5. The van der Waals surface area contributed by atoms with Crippen molar-refractivity contribution in [2.24, 2.45) is 0 Å². The molecule has 1 atom stereocenters. The summed E-state index contributed by atoms with van der Waals surface area (Å²) in [5.41, 5.74) is 3.92. The Hall–Kier alpha value is -3.48. The fraction of sp³-hybridized carbons (Fsp3) is 0.448. The molecule has 4 rings (SSSR count). The monoisotopic (exact) mass is 488 g/mol. The Bertz CT molecular complexity index is 1170. The number of nitrogens with zero attached hydrogens (tertiary/aromatic N) is 4. The average Bonchev–Trinajstić information content (AvgIpc) is 3.35. The summed E-state index contributed by atoms with van der Waals surface area (Å²) in [7, 11) is 0. The van der Waals surface area contributed by atoms with Crippen LogP contribution in [0.15, 0.2) is 53.1 Å². The summed E-state index contributed by atoms with van der Waals surface area (Å²) >= 11 is 0. The van der Waals surface area contributed by atoms with E-state index in [1.165, 1.54) is 31.2 Å². The summed E-state index contributed by atoms with van der Waals surface area (Å²) < 4.78 is 5.37. The average molecular weight is 489 g/mol. The molecule has 2 amide bonds. The van der Waals surface area contributed by atoms with E-state index in [1.54, 1.807) is 4.90 Å². The lowest BCUT2D eigenvalue weighted by Gasteiger charge is -2.40. The number of carbonyl (C=O) groups excluding carboxylic acids is 2. The van der Waals surface area contributed by atoms with Gasteiger partial charge in [-0.05, 0) is 56.5 Å². The van der Waals surface area contributed by atoms with Crippen LogP contribution < -0.4 is 0 Å². The van der Waals surface area contributed by atoms with Crippen molar-refractivity contribution in [2.75, 3.05) is 19.6 Å². The summed E-state index contributed by atoms with van der Waals surface area (Å²) in [6, 6.07) is 15.7. The van der Waals surface area contributed by atoms with Crippen molar-refractivity contribution in [1.82, 2.24) is 19.9 Å². The number of rotatable bonds is 9. The summed E-state index contributed by atoms with van der Waals surface area (Å²) in [6.45, 7) is 7.69. The Kier molecular flexibility index (Phi) is 8.52. The number of hydrogen-bond donors (Lipinski definition) is 0. The van der Waals surface area contributed by atoms with Gasteiger partial charge in [-0.15, -0.1) is 0 Å².